The molecule has 0 aromatic heterocycles. The number of carbonyl (C=O) groups excluding carboxylic acids is 1. The first kappa shape index (κ1) is 12.9. The van der Waals surface area contributed by atoms with E-state index in [9.17, 15) is 14.3 Å². The van der Waals surface area contributed by atoms with Gasteiger partial charge >= 0.3 is 0 Å². The summed E-state index contributed by atoms with van der Waals surface area (Å²) in [6.07, 6.45) is 4.52. The van der Waals surface area contributed by atoms with Crippen LogP contribution in [0.4, 0.5) is 4.39 Å². The third kappa shape index (κ3) is 2.63. The highest BCUT2D eigenvalue weighted by molar-refractivity contribution is 5.97. The largest absolute Gasteiger partial charge is 0.507 e. The van der Waals surface area contributed by atoms with Crippen LogP contribution in [0.5, 0.6) is 5.75 Å². The zero-order valence-electron chi connectivity index (χ0n) is 10.5. The van der Waals surface area contributed by atoms with Crippen LogP contribution >= 0.6 is 0 Å². The number of aromatic hydroxyl groups is 1. The van der Waals surface area contributed by atoms with Crippen LogP contribution in [0.25, 0.3) is 0 Å². The van der Waals surface area contributed by atoms with E-state index >= 15 is 0 Å². The van der Waals surface area contributed by atoms with E-state index in [-0.39, 0.29) is 16.7 Å². The zero-order chi connectivity index (χ0) is 13.2. The van der Waals surface area contributed by atoms with Crippen molar-refractivity contribution >= 4 is 5.91 Å². The number of benzene rings is 1. The van der Waals surface area contributed by atoms with Crippen molar-refractivity contribution in [2.45, 2.75) is 32.6 Å². The van der Waals surface area contributed by atoms with Gasteiger partial charge in [-0.15, -0.1) is 0 Å². The van der Waals surface area contributed by atoms with Crippen LogP contribution in [-0.2, 0) is 0 Å². The molecular formula is C14H18FNO2. The van der Waals surface area contributed by atoms with Crippen LogP contribution < -0.4 is 5.32 Å². The molecule has 0 radical (unpaired) electrons. The highest BCUT2D eigenvalue weighted by Crippen LogP contribution is 2.36. The fraction of sp³-hybridized carbons (Fsp3) is 0.500. The van der Waals surface area contributed by atoms with Gasteiger partial charge in [-0.2, -0.15) is 0 Å². The van der Waals surface area contributed by atoms with E-state index in [4.69, 9.17) is 0 Å². The fourth-order valence-electron chi connectivity index (χ4n) is 2.52. The van der Waals surface area contributed by atoms with E-state index in [0.29, 0.717) is 6.54 Å². The number of amides is 1. The molecule has 18 heavy (non-hydrogen) atoms. The SMILES string of the molecule is CC1(CNC(=O)c2c(O)cccc2F)CCCC1. The molecule has 0 saturated heterocycles. The molecule has 1 aromatic rings. The molecule has 2 rings (SSSR count). The number of nitrogens with one attached hydrogen (secondary N) is 1. The number of halogens is 1. The third-order valence-electron chi connectivity index (χ3n) is 3.71. The van der Waals surface area contributed by atoms with Crippen molar-refractivity contribution in [1.29, 1.82) is 0 Å². The third-order valence-corrected chi connectivity index (χ3v) is 3.71. The predicted octanol–water partition coefficient (Wildman–Crippen LogP) is 2.84. The second-order valence-electron chi connectivity index (χ2n) is 5.33. The van der Waals surface area contributed by atoms with E-state index < -0.39 is 11.7 Å². The van der Waals surface area contributed by atoms with Gasteiger partial charge in [0.15, 0.2) is 0 Å². The lowest BCUT2D eigenvalue weighted by Gasteiger charge is -2.23. The quantitative estimate of drug-likeness (QED) is 0.867. The van der Waals surface area contributed by atoms with Crippen molar-refractivity contribution in [2.75, 3.05) is 6.54 Å². The molecule has 1 aliphatic rings. The second kappa shape index (κ2) is 4.96. The number of phenols is 1. The minimum atomic E-state index is -0.691. The number of carbonyl (C=O) groups is 1. The first-order valence-electron chi connectivity index (χ1n) is 6.27. The molecule has 2 N–H and O–H groups in total. The smallest absolute Gasteiger partial charge is 0.258 e. The van der Waals surface area contributed by atoms with Crippen molar-refractivity contribution in [3.8, 4) is 5.75 Å². The Labute approximate surface area is 106 Å². The number of phenolic OH excluding ortho intramolecular Hbond substituents is 1. The lowest BCUT2D eigenvalue weighted by Crippen LogP contribution is -2.34. The zero-order valence-corrected chi connectivity index (χ0v) is 10.5. The van der Waals surface area contributed by atoms with Gasteiger partial charge in [0.05, 0.1) is 0 Å². The predicted molar refractivity (Wildman–Crippen MR) is 67.0 cm³/mol. The van der Waals surface area contributed by atoms with E-state index in [1.165, 1.54) is 31.0 Å². The molecule has 0 heterocycles. The average molecular weight is 251 g/mol. The van der Waals surface area contributed by atoms with E-state index in [1.54, 1.807) is 0 Å². The molecule has 1 saturated carbocycles. The molecule has 1 aromatic carbocycles. The molecular weight excluding hydrogens is 233 g/mol. The Morgan fingerprint density at radius 1 is 1.44 bits per heavy atom. The lowest BCUT2D eigenvalue weighted by atomic mass is 9.89. The van der Waals surface area contributed by atoms with Gasteiger partial charge in [0.2, 0.25) is 0 Å². The van der Waals surface area contributed by atoms with Gasteiger partial charge in [-0.1, -0.05) is 25.8 Å². The van der Waals surface area contributed by atoms with Crippen LogP contribution in [0.15, 0.2) is 18.2 Å². The number of hydrogen-bond acceptors (Lipinski definition) is 2. The van der Waals surface area contributed by atoms with Crippen LogP contribution in [0.1, 0.15) is 43.0 Å². The lowest BCUT2D eigenvalue weighted by molar-refractivity contribution is 0.0927. The summed E-state index contributed by atoms with van der Waals surface area (Å²) in [7, 11) is 0. The Bertz CT molecular complexity index is 433. The molecule has 0 atom stereocenters. The molecule has 3 nitrogen and oxygen atoms in total. The summed E-state index contributed by atoms with van der Waals surface area (Å²) in [6.45, 7) is 2.65. The fourth-order valence-corrected chi connectivity index (χ4v) is 2.52. The van der Waals surface area contributed by atoms with Crippen LogP contribution in [0.2, 0.25) is 0 Å². The maximum Gasteiger partial charge on any atom is 0.258 e. The Hall–Kier alpha value is -1.58. The highest BCUT2D eigenvalue weighted by Gasteiger charge is 2.29. The summed E-state index contributed by atoms with van der Waals surface area (Å²) >= 11 is 0. The Kier molecular flexibility index (Phi) is 3.55. The van der Waals surface area contributed by atoms with Crippen molar-refractivity contribution < 1.29 is 14.3 Å². The van der Waals surface area contributed by atoms with Crippen LogP contribution in [0.3, 0.4) is 0 Å². The van der Waals surface area contributed by atoms with Gasteiger partial charge < -0.3 is 10.4 Å². The van der Waals surface area contributed by atoms with E-state index in [2.05, 4.69) is 12.2 Å². The summed E-state index contributed by atoms with van der Waals surface area (Å²) in [4.78, 5) is 11.9. The summed E-state index contributed by atoms with van der Waals surface area (Å²) in [5.74, 6) is -1.55. The number of rotatable bonds is 3. The van der Waals surface area contributed by atoms with E-state index in [1.807, 2.05) is 0 Å². The summed E-state index contributed by atoms with van der Waals surface area (Å²) < 4.78 is 13.5. The Morgan fingerprint density at radius 3 is 2.72 bits per heavy atom. The first-order valence-corrected chi connectivity index (χ1v) is 6.27. The van der Waals surface area contributed by atoms with E-state index in [0.717, 1.165) is 12.8 Å². The minimum absolute atomic E-state index is 0.108. The van der Waals surface area contributed by atoms with Crippen molar-refractivity contribution in [3.05, 3.63) is 29.6 Å². The maximum absolute atomic E-state index is 13.5. The molecule has 0 spiro atoms. The topological polar surface area (TPSA) is 49.3 Å². The minimum Gasteiger partial charge on any atom is -0.507 e. The molecule has 1 aliphatic carbocycles. The monoisotopic (exact) mass is 251 g/mol. The van der Waals surface area contributed by atoms with Gasteiger partial charge in [-0.05, 0) is 30.4 Å². The van der Waals surface area contributed by atoms with Gasteiger partial charge in [-0.3, -0.25) is 4.79 Å². The molecule has 4 heteroatoms. The summed E-state index contributed by atoms with van der Waals surface area (Å²) in [5.41, 5.74) is -0.157. The van der Waals surface area contributed by atoms with Crippen LogP contribution in [0, 0.1) is 11.2 Å². The molecule has 0 bridgehead atoms. The number of hydrogen-bond donors (Lipinski definition) is 2. The Balaban J connectivity index is 2.04. The molecule has 0 unspecified atom stereocenters. The molecule has 98 valence electrons. The molecule has 1 amide bonds. The summed E-state index contributed by atoms with van der Waals surface area (Å²) in [6, 6.07) is 3.86. The Morgan fingerprint density at radius 2 is 2.11 bits per heavy atom. The summed E-state index contributed by atoms with van der Waals surface area (Å²) in [5, 5.41) is 12.2. The second-order valence-corrected chi connectivity index (χ2v) is 5.33. The van der Waals surface area contributed by atoms with Gasteiger partial charge in [0.25, 0.3) is 5.91 Å². The maximum atomic E-state index is 13.5. The van der Waals surface area contributed by atoms with Crippen molar-refractivity contribution in [1.82, 2.24) is 5.32 Å². The first-order chi connectivity index (χ1) is 8.52. The highest BCUT2D eigenvalue weighted by atomic mass is 19.1. The van der Waals surface area contributed by atoms with Crippen molar-refractivity contribution in [3.63, 3.8) is 0 Å². The van der Waals surface area contributed by atoms with Gasteiger partial charge in [0, 0.05) is 6.54 Å². The van der Waals surface area contributed by atoms with Gasteiger partial charge in [0.1, 0.15) is 17.1 Å². The van der Waals surface area contributed by atoms with Gasteiger partial charge in [-0.25, -0.2) is 4.39 Å². The van der Waals surface area contributed by atoms with Crippen LogP contribution in [-0.4, -0.2) is 17.6 Å². The standard InChI is InChI=1S/C14H18FNO2/c1-14(7-2-3-8-14)9-16-13(18)12-10(15)5-4-6-11(12)17/h4-6,17H,2-3,7-9H2,1H3,(H,16,18). The molecule has 0 aliphatic heterocycles. The normalized spacial score (nSPS) is 17.7. The van der Waals surface area contributed by atoms with Crippen molar-refractivity contribution in [2.24, 2.45) is 5.41 Å². The average Bonchev–Trinajstić information content (AvgIpc) is 2.74. The molecule has 1 fully saturated rings.